The van der Waals surface area contributed by atoms with Gasteiger partial charge in [0.05, 0.1) is 12.7 Å². The van der Waals surface area contributed by atoms with Crippen LogP contribution in [0.4, 0.5) is 8.78 Å². The van der Waals surface area contributed by atoms with Crippen molar-refractivity contribution in [3.8, 4) is 22.6 Å². The maximum absolute atomic E-state index is 14.6. The molecule has 0 spiro atoms. The van der Waals surface area contributed by atoms with E-state index in [-0.39, 0.29) is 17.7 Å². The van der Waals surface area contributed by atoms with Crippen molar-refractivity contribution in [3.05, 3.63) is 47.5 Å². The van der Waals surface area contributed by atoms with Gasteiger partial charge in [0, 0.05) is 0 Å². The number of ether oxygens (including phenoxy) is 2. The van der Waals surface area contributed by atoms with Gasteiger partial charge in [-0.3, -0.25) is 0 Å². The predicted molar refractivity (Wildman–Crippen MR) is 99.8 cm³/mol. The van der Waals surface area contributed by atoms with Gasteiger partial charge in [0.15, 0.2) is 23.1 Å². The second kappa shape index (κ2) is 8.52. The van der Waals surface area contributed by atoms with Crippen molar-refractivity contribution in [2.75, 3.05) is 6.61 Å². The van der Waals surface area contributed by atoms with Crippen molar-refractivity contribution in [2.45, 2.75) is 58.5 Å². The van der Waals surface area contributed by atoms with E-state index in [1.807, 2.05) is 13.0 Å². The largest absolute Gasteiger partial charge is 0.491 e. The number of fused-ring (bicyclic) bond motifs is 1. The zero-order chi connectivity index (χ0) is 18.5. The molecule has 2 nitrogen and oxygen atoms in total. The van der Waals surface area contributed by atoms with Gasteiger partial charge in [-0.15, -0.1) is 0 Å². The van der Waals surface area contributed by atoms with Gasteiger partial charge >= 0.3 is 0 Å². The minimum Gasteiger partial charge on any atom is -0.491 e. The molecule has 0 fully saturated rings. The predicted octanol–water partition coefficient (Wildman–Crippen LogP) is 6.30. The topological polar surface area (TPSA) is 18.5 Å². The van der Waals surface area contributed by atoms with Crippen LogP contribution in [-0.4, -0.2) is 12.7 Å². The molecule has 2 aromatic carbocycles. The van der Waals surface area contributed by atoms with Gasteiger partial charge in [0.1, 0.15) is 0 Å². The van der Waals surface area contributed by atoms with E-state index in [1.165, 1.54) is 25.0 Å². The van der Waals surface area contributed by atoms with E-state index < -0.39 is 5.82 Å². The molecule has 0 N–H and O–H groups in total. The molecule has 3 rings (SSSR count). The number of hydrogen-bond acceptors (Lipinski definition) is 2. The van der Waals surface area contributed by atoms with Crippen molar-refractivity contribution < 1.29 is 18.3 Å². The molecule has 0 saturated heterocycles. The summed E-state index contributed by atoms with van der Waals surface area (Å²) in [7, 11) is 0. The molecular formula is C22H26F2O2. The first-order valence-corrected chi connectivity index (χ1v) is 9.54. The smallest absolute Gasteiger partial charge is 0.165 e. The van der Waals surface area contributed by atoms with Crippen molar-refractivity contribution >= 4 is 0 Å². The Morgan fingerprint density at radius 3 is 2.58 bits per heavy atom. The number of aryl methyl sites for hydroxylation is 1. The van der Waals surface area contributed by atoms with Gasteiger partial charge in [-0.25, -0.2) is 8.78 Å². The third kappa shape index (κ3) is 4.17. The van der Waals surface area contributed by atoms with Crippen LogP contribution in [0.1, 0.15) is 51.5 Å². The molecule has 1 unspecified atom stereocenters. The summed E-state index contributed by atoms with van der Waals surface area (Å²) in [5.41, 5.74) is 2.16. The molecule has 1 heterocycles. The Morgan fingerprint density at radius 2 is 1.85 bits per heavy atom. The van der Waals surface area contributed by atoms with Crippen molar-refractivity contribution in [1.29, 1.82) is 0 Å². The number of unbranched alkanes of at least 4 members (excludes halogenated alkanes) is 2. The zero-order valence-electron chi connectivity index (χ0n) is 15.5. The lowest BCUT2D eigenvalue weighted by Crippen LogP contribution is -2.23. The van der Waals surface area contributed by atoms with E-state index in [0.29, 0.717) is 23.5 Å². The summed E-state index contributed by atoms with van der Waals surface area (Å²) in [6.07, 6.45) is 6.21. The number of hydrogen-bond donors (Lipinski definition) is 0. The molecule has 0 aliphatic carbocycles. The number of benzene rings is 2. The monoisotopic (exact) mass is 360 g/mol. The van der Waals surface area contributed by atoms with Crippen molar-refractivity contribution in [3.63, 3.8) is 0 Å². The highest BCUT2D eigenvalue weighted by atomic mass is 19.1. The lowest BCUT2D eigenvalue weighted by molar-refractivity contribution is 0.153. The minimum atomic E-state index is -0.435. The molecule has 1 aliphatic rings. The summed E-state index contributed by atoms with van der Waals surface area (Å²) in [4.78, 5) is 0. The minimum absolute atomic E-state index is 0.0947. The van der Waals surface area contributed by atoms with Gasteiger partial charge < -0.3 is 9.47 Å². The SMILES string of the molecule is CCCCCC1CCc2cc(-c3ccc(OCC)c(F)c3)cc(F)c2O1. The fraction of sp³-hybridized carbons (Fsp3) is 0.455. The average Bonchev–Trinajstić information content (AvgIpc) is 2.64. The van der Waals surface area contributed by atoms with Crippen LogP contribution < -0.4 is 9.47 Å². The molecule has 140 valence electrons. The van der Waals surface area contributed by atoms with E-state index in [9.17, 15) is 8.78 Å². The van der Waals surface area contributed by atoms with Crippen LogP contribution in [0.3, 0.4) is 0 Å². The fourth-order valence-electron chi connectivity index (χ4n) is 3.46. The van der Waals surface area contributed by atoms with Crippen LogP contribution >= 0.6 is 0 Å². The molecule has 0 bridgehead atoms. The second-order valence-corrected chi connectivity index (χ2v) is 6.80. The van der Waals surface area contributed by atoms with E-state index in [4.69, 9.17) is 9.47 Å². The van der Waals surface area contributed by atoms with Crippen LogP contribution in [0.5, 0.6) is 11.5 Å². The quantitative estimate of drug-likeness (QED) is 0.539. The first kappa shape index (κ1) is 18.7. The molecule has 0 radical (unpaired) electrons. The summed E-state index contributed by atoms with van der Waals surface area (Å²) < 4.78 is 39.9. The van der Waals surface area contributed by atoms with Gasteiger partial charge in [0.25, 0.3) is 0 Å². The summed E-state index contributed by atoms with van der Waals surface area (Å²) in [5, 5.41) is 0. The highest BCUT2D eigenvalue weighted by molar-refractivity contribution is 5.67. The molecule has 0 aromatic heterocycles. The highest BCUT2D eigenvalue weighted by Crippen LogP contribution is 2.36. The van der Waals surface area contributed by atoms with E-state index in [1.54, 1.807) is 12.1 Å². The van der Waals surface area contributed by atoms with E-state index in [0.717, 1.165) is 31.2 Å². The number of rotatable bonds is 7. The molecule has 26 heavy (non-hydrogen) atoms. The Balaban J connectivity index is 1.80. The zero-order valence-corrected chi connectivity index (χ0v) is 15.5. The van der Waals surface area contributed by atoms with Crippen LogP contribution in [0, 0.1) is 11.6 Å². The van der Waals surface area contributed by atoms with Crippen LogP contribution in [-0.2, 0) is 6.42 Å². The second-order valence-electron chi connectivity index (χ2n) is 6.80. The summed E-state index contributed by atoms with van der Waals surface area (Å²) in [5.74, 6) is -0.220. The van der Waals surface area contributed by atoms with Crippen LogP contribution in [0.2, 0.25) is 0 Å². The lowest BCUT2D eigenvalue weighted by Gasteiger charge is -2.27. The standard InChI is InChI=1S/C22H26F2O2/c1-3-5-6-7-18-10-8-16-12-17(14-20(24)22(16)26-18)15-9-11-21(25-4-2)19(23)13-15/h9,11-14,18H,3-8,10H2,1-2H3. The normalized spacial score (nSPS) is 16.1. The Kier molecular flexibility index (Phi) is 6.12. The molecule has 2 aromatic rings. The first-order chi connectivity index (χ1) is 12.6. The van der Waals surface area contributed by atoms with Crippen molar-refractivity contribution in [1.82, 2.24) is 0 Å². The lowest BCUT2D eigenvalue weighted by atomic mass is 9.95. The maximum Gasteiger partial charge on any atom is 0.165 e. The molecular weight excluding hydrogens is 334 g/mol. The van der Waals surface area contributed by atoms with Gasteiger partial charge in [0.2, 0.25) is 0 Å². The molecule has 1 atom stereocenters. The van der Waals surface area contributed by atoms with Crippen LogP contribution in [0.15, 0.2) is 30.3 Å². The Hall–Kier alpha value is -2.10. The van der Waals surface area contributed by atoms with Gasteiger partial charge in [-0.1, -0.05) is 25.8 Å². The van der Waals surface area contributed by atoms with E-state index >= 15 is 0 Å². The van der Waals surface area contributed by atoms with Crippen LogP contribution in [0.25, 0.3) is 11.1 Å². The first-order valence-electron chi connectivity index (χ1n) is 9.54. The summed E-state index contributed by atoms with van der Waals surface area (Å²) in [6.45, 7) is 4.38. The third-order valence-electron chi connectivity index (χ3n) is 4.84. The molecule has 1 aliphatic heterocycles. The third-order valence-corrected chi connectivity index (χ3v) is 4.84. The number of halogens is 2. The fourth-order valence-corrected chi connectivity index (χ4v) is 3.46. The molecule has 0 saturated carbocycles. The molecule has 0 amide bonds. The van der Waals surface area contributed by atoms with E-state index in [2.05, 4.69) is 6.92 Å². The Labute approximate surface area is 154 Å². The molecule has 4 heteroatoms. The summed E-state index contributed by atoms with van der Waals surface area (Å²) >= 11 is 0. The van der Waals surface area contributed by atoms with Gasteiger partial charge in [-0.2, -0.15) is 0 Å². The summed E-state index contributed by atoms with van der Waals surface area (Å²) in [6, 6.07) is 8.08. The average molecular weight is 360 g/mol. The highest BCUT2D eigenvalue weighted by Gasteiger charge is 2.23. The van der Waals surface area contributed by atoms with Crippen molar-refractivity contribution in [2.24, 2.45) is 0 Å². The Bertz CT molecular complexity index is 758. The maximum atomic E-state index is 14.6. The van der Waals surface area contributed by atoms with Gasteiger partial charge in [-0.05, 0) is 73.6 Å². The Morgan fingerprint density at radius 1 is 1.04 bits per heavy atom.